The van der Waals surface area contributed by atoms with E-state index in [9.17, 15) is 4.79 Å². The van der Waals surface area contributed by atoms with E-state index < -0.39 is 0 Å². The number of ether oxygens (including phenoxy) is 1. The molecular formula is C23H25N5O2. The van der Waals surface area contributed by atoms with Gasteiger partial charge in [0.2, 0.25) is 0 Å². The Kier molecular flexibility index (Phi) is 6.20. The third-order valence-corrected chi connectivity index (χ3v) is 4.99. The van der Waals surface area contributed by atoms with Crippen LogP contribution in [0, 0.1) is 0 Å². The number of nitrogens with zero attached hydrogens (tertiary/aromatic N) is 3. The van der Waals surface area contributed by atoms with Gasteiger partial charge in [0.05, 0.1) is 18.9 Å². The van der Waals surface area contributed by atoms with Crippen molar-refractivity contribution in [3.8, 4) is 11.3 Å². The van der Waals surface area contributed by atoms with Crippen LogP contribution in [-0.2, 0) is 11.2 Å². The van der Waals surface area contributed by atoms with Crippen molar-refractivity contribution in [3.63, 3.8) is 0 Å². The van der Waals surface area contributed by atoms with Crippen LogP contribution in [0.4, 0.5) is 22.0 Å². The molecule has 1 saturated heterocycles. The molecule has 1 fully saturated rings. The summed E-state index contributed by atoms with van der Waals surface area (Å²) in [6.07, 6.45) is 0.921. The SMILES string of the molecule is CCc1cccc(NC(=O)Nc2cccc(-c3ccc(N4CCOCC4)nn3)c2)c1. The molecule has 2 amide bonds. The van der Waals surface area contributed by atoms with Gasteiger partial charge < -0.3 is 20.3 Å². The van der Waals surface area contributed by atoms with Crippen molar-refractivity contribution in [1.82, 2.24) is 10.2 Å². The molecule has 0 radical (unpaired) electrons. The summed E-state index contributed by atoms with van der Waals surface area (Å²) in [6, 6.07) is 19.0. The topological polar surface area (TPSA) is 79.4 Å². The molecule has 1 aromatic heterocycles. The molecule has 30 heavy (non-hydrogen) atoms. The minimum atomic E-state index is -0.283. The first-order valence-electron chi connectivity index (χ1n) is 10.1. The van der Waals surface area contributed by atoms with E-state index >= 15 is 0 Å². The first kappa shape index (κ1) is 19.8. The number of benzene rings is 2. The number of hydrogen-bond donors (Lipinski definition) is 2. The third kappa shape index (κ3) is 4.93. The third-order valence-electron chi connectivity index (χ3n) is 4.99. The number of hydrogen-bond acceptors (Lipinski definition) is 5. The predicted molar refractivity (Wildman–Crippen MR) is 119 cm³/mol. The van der Waals surface area contributed by atoms with Gasteiger partial charge in [-0.25, -0.2) is 4.79 Å². The van der Waals surface area contributed by atoms with Gasteiger partial charge in [-0.15, -0.1) is 10.2 Å². The second-order valence-electron chi connectivity index (χ2n) is 7.09. The highest BCUT2D eigenvalue weighted by Gasteiger charge is 2.13. The Morgan fingerprint density at radius 1 is 0.967 bits per heavy atom. The number of carbonyl (C=O) groups excluding carboxylic acids is 1. The van der Waals surface area contributed by atoms with E-state index in [0.29, 0.717) is 18.9 Å². The van der Waals surface area contributed by atoms with Crippen LogP contribution >= 0.6 is 0 Å². The van der Waals surface area contributed by atoms with Crippen molar-refractivity contribution in [1.29, 1.82) is 0 Å². The van der Waals surface area contributed by atoms with Crippen molar-refractivity contribution in [2.24, 2.45) is 0 Å². The maximum absolute atomic E-state index is 12.4. The average Bonchev–Trinajstić information content (AvgIpc) is 2.80. The number of amides is 2. The summed E-state index contributed by atoms with van der Waals surface area (Å²) in [4.78, 5) is 14.5. The van der Waals surface area contributed by atoms with Crippen LogP contribution in [-0.4, -0.2) is 42.5 Å². The summed E-state index contributed by atoms with van der Waals surface area (Å²) in [5.74, 6) is 0.852. The lowest BCUT2D eigenvalue weighted by atomic mass is 10.1. The number of anilines is 3. The van der Waals surface area contributed by atoms with Crippen molar-refractivity contribution < 1.29 is 9.53 Å². The van der Waals surface area contributed by atoms with Crippen LogP contribution in [0.25, 0.3) is 11.3 Å². The number of nitrogens with one attached hydrogen (secondary N) is 2. The van der Waals surface area contributed by atoms with E-state index in [-0.39, 0.29) is 6.03 Å². The Morgan fingerprint density at radius 3 is 2.40 bits per heavy atom. The zero-order valence-corrected chi connectivity index (χ0v) is 17.0. The predicted octanol–water partition coefficient (Wildman–Crippen LogP) is 4.19. The summed E-state index contributed by atoms with van der Waals surface area (Å²) in [6.45, 7) is 5.15. The second-order valence-corrected chi connectivity index (χ2v) is 7.09. The molecule has 3 aromatic rings. The van der Waals surface area contributed by atoms with Crippen molar-refractivity contribution >= 4 is 23.2 Å². The molecule has 0 spiro atoms. The Balaban J connectivity index is 1.42. The smallest absolute Gasteiger partial charge is 0.323 e. The van der Waals surface area contributed by atoms with Gasteiger partial charge in [0, 0.05) is 30.0 Å². The molecule has 2 heterocycles. The lowest BCUT2D eigenvalue weighted by Crippen LogP contribution is -2.36. The minimum Gasteiger partial charge on any atom is -0.378 e. The van der Waals surface area contributed by atoms with E-state index in [0.717, 1.165) is 42.3 Å². The number of aromatic nitrogens is 2. The van der Waals surface area contributed by atoms with Gasteiger partial charge in [0.15, 0.2) is 5.82 Å². The molecule has 1 aliphatic rings. The van der Waals surface area contributed by atoms with Gasteiger partial charge in [-0.1, -0.05) is 31.2 Å². The minimum absolute atomic E-state index is 0.283. The lowest BCUT2D eigenvalue weighted by Gasteiger charge is -2.27. The van der Waals surface area contributed by atoms with Crippen molar-refractivity contribution in [2.75, 3.05) is 41.8 Å². The van der Waals surface area contributed by atoms with Crippen molar-refractivity contribution in [2.45, 2.75) is 13.3 Å². The molecule has 0 bridgehead atoms. The molecule has 7 nitrogen and oxygen atoms in total. The molecule has 2 aromatic carbocycles. The van der Waals surface area contributed by atoms with E-state index in [2.05, 4.69) is 32.7 Å². The molecule has 1 aliphatic heterocycles. The van der Waals surface area contributed by atoms with Crippen LogP contribution in [0.3, 0.4) is 0 Å². The molecule has 0 atom stereocenters. The Morgan fingerprint density at radius 2 is 1.70 bits per heavy atom. The molecule has 2 N–H and O–H groups in total. The normalized spacial score (nSPS) is 13.7. The first-order valence-corrected chi connectivity index (χ1v) is 10.1. The van der Waals surface area contributed by atoms with E-state index in [1.807, 2.05) is 60.7 Å². The maximum Gasteiger partial charge on any atom is 0.323 e. The maximum atomic E-state index is 12.4. The summed E-state index contributed by atoms with van der Waals surface area (Å²) in [5, 5.41) is 14.5. The van der Waals surface area contributed by atoms with Crippen molar-refractivity contribution in [3.05, 3.63) is 66.2 Å². The fourth-order valence-electron chi connectivity index (χ4n) is 3.36. The molecule has 0 aliphatic carbocycles. The summed E-state index contributed by atoms with van der Waals surface area (Å²) in [7, 11) is 0. The average molecular weight is 403 g/mol. The largest absolute Gasteiger partial charge is 0.378 e. The van der Waals surface area contributed by atoms with Gasteiger partial charge in [-0.3, -0.25) is 0 Å². The Hall–Kier alpha value is -3.45. The van der Waals surface area contributed by atoms with Gasteiger partial charge in [-0.05, 0) is 48.4 Å². The molecule has 0 unspecified atom stereocenters. The van der Waals surface area contributed by atoms with Crippen LogP contribution in [0.5, 0.6) is 0 Å². The van der Waals surface area contributed by atoms with Gasteiger partial charge >= 0.3 is 6.03 Å². The van der Waals surface area contributed by atoms with E-state index in [1.54, 1.807) is 0 Å². The number of rotatable bonds is 5. The van der Waals surface area contributed by atoms with Crippen LogP contribution in [0.1, 0.15) is 12.5 Å². The highest BCUT2D eigenvalue weighted by Crippen LogP contribution is 2.22. The number of aryl methyl sites for hydroxylation is 1. The second kappa shape index (κ2) is 9.37. The fraction of sp³-hybridized carbons (Fsp3) is 0.261. The molecule has 7 heteroatoms. The van der Waals surface area contributed by atoms with E-state index in [1.165, 1.54) is 5.56 Å². The zero-order valence-electron chi connectivity index (χ0n) is 17.0. The fourth-order valence-corrected chi connectivity index (χ4v) is 3.36. The number of carbonyl (C=O) groups is 1. The van der Waals surface area contributed by atoms with E-state index in [4.69, 9.17) is 4.74 Å². The monoisotopic (exact) mass is 403 g/mol. The highest BCUT2D eigenvalue weighted by molar-refractivity contribution is 6.00. The zero-order chi connectivity index (χ0) is 20.8. The number of urea groups is 1. The van der Waals surface area contributed by atoms with Gasteiger partial charge in [-0.2, -0.15) is 0 Å². The molecule has 154 valence electrons. The Bertz CT molecular complexity index is 1000. The molecular weight excluding hydrogens is 378 g/mol. The summed E-state index contributed by atoms with van der Waals surface area (Å²) in [5.41, 5.74) is 4.28. The quantitative estimate of drug-likeness (QED) is 0.668. The standard InChI is InChI=1S/C23H25N5O2/c1-2-17-5-3-7-19(15-17)24-23(29)25-20-8-4-6-18(16-20)21-9-10-22(27-26-21)28-11-13-30-14-12-28/h3-10,15-16H,2,11-14H2,1H3,(H2,24,25,29). The van der Waals surface area contributed by atoms with Crippen LogP contribution in [0.15, 0.2) is 60.7 Å². The number of morpholine rings is 1. The molecule has 4 rings (SSSR count). The summed E-state index contributed by atoms with van der Waals surface area (Å²) < 4.78 is 5.38. The van der Waals surface area contributed by atoms with Crippen LogP contribution < -0.4 is 15.5 Å². The molecule has 0 saturated carbocycles. The lowest BCUT2D eigenvalue weighted by molar-refractivity contribution is 0.122. The van der Waals surface area contributed by atoms with Gasteiger partial charge in [0.1, 0.15) is 0 Å². The summed E-state index contributed by atoms with van der Waals surface area (Å²) >= 11 is 0. The highest BCUT2D eigenvalue weighted by atomic mass is 16.5. The van der Waals surface area contributed by atoms with Crippen LogP contribution in [0.2, 0.25) is 0 Å². The first-order chi connectivity index (χ1) is 14.7. The Labute approximate surface area is 176 Å². The van der Waals surface area contributed by atoms with Gasteiger partial charge in [0.25, 0.3) is 0 Å².